The van der Waals surface area contributed by atoms with Crippen molar-refractivity contribution in [2.75, 3.05) is 37.3 Å². The van der Waals surface area contributed by atoms with Crippen LogP contribution in [0.25, 0.3) is 0 Å². The quantitative estimate of drug-likeness (QED) is 0.844. The van der Waals surface area contributed by atoms with E-state index in [0.717, 1.165) is 18.9 Å². The van der Waals surface area contributed by atoms with E-state index in [-0.39, 0.29) is 0 Å². The topological polar surface area (TPSA) is 63.4 Å². The number of piperidine rings is 1. The molecule has 1 unspecified atom stereocenters. The lowest BCUT2D eigenvalue weighted by atomic mass is 10.1. The van der Waals surface area contributed by atoms with Crippen LogP contribution in [0.1, 0.15) is 33.6 Å². The summed E-state index contributed by atoms with van der Waals surface area (Å²) in [6, 6.07) is 4.25. The molecule has 1 aliphatic rings. The number of hydrogen-bond donors (Lipinski definition) is 2. The molecule has 2 rings (SSSR count). The minimum absolute atomic E-state index is 0.452. The fourth-order valence-corrected chi connectivity index (χ4v) is 2.56. The summed E-state index contributed by atoms with van der Waals surface area (Å²) in [5, 5.41) is 3.51. The van der Waals surface area contributed by atoms with E-state index in [1.54, 1.807) is 0 Å². The zero-order valence-electron chi connectivity index (χ0n) is 13.4. The van der Waals surface area contributed by atoms with Gasteiger partial charge in [0.25, 0.3) is 0 Å². The second-order valence-corrected chi connectivity index (χ2v) is 6.17. The first-order chi connectivity index (χ1) is 10.1. The van der Waals surface area contributed by atoms with Crippen LogP contribution in [0, 0.1) is 5.92 Å². The summed E-state index contributed by atoms with van der Waals surface area (Å²) in [5.41, 5.74) is 6.53. The van der Waals surface area contributed by atoms with E-state index in [9.17, 15) is 0 Å². The molecule has 5 heteroatoms. The molecule has 3 N–H and O–H groups in total. The van der Waals surface area contributed by atoms with E-state index in [4.69, 9.17) is 10.5 Å². The number of nitrogens with two attached hydrogens (primary N) is 1. The maximum absolute atomic E-state index is 5.93. The van der Waals surface area contributed by atoms with Crippen molar-refractivity contribution in [1.82, 2.24) is 9.88 Å². The lowest BCUT2D eigenvalue weighted by Crippen LogP contribution is -2.41. The molecule has 0 saturated carbocycles. The zero-order chi connectivity index (χ0) is 15.2. The number of nitrogen functional groups attached to an aromatic ring is 1. The average Bonchev–Trinajstić information content (AvgIpc) is 2.48. The summed E-state index contributed by atoms with van der Waals surface area (Å²) in [4.78, 5) is 6.98. The maximum Gasteiger partial charge on any atom is 0.239 e. The van der Waals surface area contributed by atoms with Crippen molar-refractivity contribution in [3.63, 3.8) is 0 Å². The lowest BCUT2D eigenvalue weighted by molar-refractivity contribution is 0.226. The Labute approximate surface area is 127 Å². The van der Waals surface area contributed by atoms with Crippen LogP contribution < -0.4 is 15.8 Å². The molecular weight excluding hydrogens is 264 g/mol. The van der Waals surface area contributed by atoms with Crippen LogP contribution >= 0.6 is 0 Å². The highest BCUT2D eigenvalue weighted by molar-refractivity contribution is 5.53. The second kappa shape index (κ2) is 7.50. The fraction of sp³-hybridized carbons (Fsp3) is 0.688. The number of pyridine rings is 1. The number of hydrogen-bond acceptors (Lipinski definition) is 5. The van der Waals surface area contributed by atoms with Crippen molar-refractivity contribution in [3.05, 3.63) is 12.1 Å². The normalized spacial score (nSPS) is 19.7. The van der Waals surface area contributed by atoms with E-state index in [1.165, 1.54) is 19.4 Å². The highest BCUT2D eigenvalue weighted by Gasteiger charge is 2.19. The van der Waals surface area contributed by atoms with Gasteiger partial charge in [0, 0.05) is 12.6 Å². The van der Waals surface area contributed by atoms with E-state index in [2.05, 4.69) is 36.0 Å². The Kier molecular flexibility index (Phi) is 5.67. The summed E-state index contributed by atoms with van der Waals surface area (Å²) < 4.78 is 5.68. The lowest BCUT2D eigenvalue weighted by Gasteiger charge is -2.32. The van der Waals surface area contributed by atoms with Gasteiger partial charge in [0.2, 0.25) is 5.88 Å². The van der Waals surface area contributed by atoms with Gasteiger partial charge in [0.05, 0.1) is 12.3 Å². The van der Waals surface area contributed by atoms with Crippen molar-refractivity contribution in [3.8, 4) is 5.88 Å². The minimum Gasteiger partial charge on any atom is -0.476 e. The molecule has 1 atom stereocenters. The molecule has 1 aliphatic heterocycles. The van der Waals surface area contributed by atoms with Crippen LogP contribution in [-0.2, 0) is 0 Å². The van der Waals surface area contributed by atoms with Gasteiger partial charge in [-0.1, -0.05) is 20.8 Å². The number of nitrogens with zero attached hydrogens (tertiary/aromatic N) is 2. The smallest absolute Gasteiger partial charge is 0.239 e. The summed E-state index contributed by atoms with van der Waals surface area (Å²) >= 11 is 0. The number of aromatic nitrogens is 1. The molecule has 1 aromatic heterocycles. The molecule has 1 saturated heterocycles. The third-order valence-corrected chi connectivity index (χ3v) is 3.75. The average molecular weight is 292 g/mol. The monoisotopic (exact) mass is 292 g/mol. The van der Waals surface area contributed by atoms with Gasteiger partial charge >= 0.3 is 0 Å². The Morgan fingerprint density at radius 2 is 2.29 bits per heavy atom. The first-order valence-electron chi connectivity index (χ1n) is 7.96. The van der Waals surface area contributed by atoms with E-state index >= 15 is 0 Å². The molecule has 21 heavy (non-hydrogen) atoms. The summed E-state index contributed by atoms with van der Waals surface area (Å²) in [7, 11) is 0. The standard InChI is InChI=1S/C16H28N4O/c1-4-20-9-5-6-13(10-20)18-15-8-7-14(17)16(19-15)21-11-12(2)3/h7-8,12-13H,4-6,9-11,17H2,1-3H3,(H,18,19). The number of likely N-dealkylation sites (tertiary alicyclic amines) is 1. The first-order valence-corrected chi connectivity index (χ1v) is 7.96. The molecule has 0 aliphatic carbocycles. The molecular formula is C16H28N4O. The zero-order valence-corrected chi connectivity index (χ0v) is 13.4. The predicted octanol–water partition coefficient (Wildman–Crippen LogP) is 2.59. The third kappa shape index (κ3) is 4.77. The Balaban J connectivity index is 1.98. The van der Waals surface area contributed by atoms with Gasteiger partial charge in [-0.3, -0.25) is 0 Å². The van der Waals surface area contributed by atoms with Crippen molar-refractivity contribution >= 4 is 11.5 Å². The summed E-state index contributed by atoms with van der Waals surface area (Å²) in [6.07, 6.45) is 2.42. The van der Waals surface area contributed by atoms with Crippen LogP contribution in [0.5, 0.6) is 5.88 Å². The fourth-order valence-electron chi connectivity index (χ4n) is 2.56. The molecule has 1 fully saturated rings. The Morgan fingerprint density at radius 1 is 1.48 bits per heavy atom. The van der Waals surface area contributed by atoms with Crippen LogP contribution in [-0.4, -0.2) is 42.2 Å². The highest BCUT2D eigenvalue weighted by Crippen LogP contribution is 2.23. The second-order valence-electron chi connectivity index (χ2n) is 6.17. The van der Waals surface area contributed by atoms with Gasteiger partial charge in [-0.15, -0.1) is 0 Å². The van der Waals surface area contributed by atoms with Crippen molar-refractivity contribution < 1.29 is 4.74 Å². The van der Waals surface area contributed by atoms with Gasteiger partial charge in [-0.25, -0.2) is 0 Å². The third-order valence-electron chi connectivity index (χ3n) is 3.75. The van der Waals surface area contributed by atoms with Crippen LogP contribution in [0.4, 0.5) is 11.5 Å². The predicted molar refractivity (Wildman–Crippen MR) is 87.7 cm³/mol. The summed E-state index contributed by atoms with van der Waals surface area (Å²) in [6.45, 7) is 10.4. The maximum atomic E-state index is 5.93. The molecule has 0 spiro atoms. The number of nitrogens with one attached hydrogen (secondary N) is 1. The van der Waals surface area contributed by atoms with E-state index in [0.29, 0.717) is 30.1 Å². The molecule has 0 amide bonds. The molecule has 5 nitrogen and oxygen atoms in total. The number of likely N-dealkylation sites (N-methyl/N-ethyl adjacent to an activating group) is 1. The van der Waals surface area contributed by atoms with E-state index < -0.39 is 0 Å². The van der Waals surface area contributed by atoms with Gasteiger partial charge in [0.15, 0.2) is 0 Å². The first kappa shape index (κ1) is 15.9. The van der Waals surface area contributed by atoms with Crippen molar-refractivity contribution in [2.45, 2.75) is 39.7 Å². The number of anilines is 2. The summed E-state index contributed by atoms with van der Waals surface area (Å²) in [5.74, 6) is 1.85. The van der Waals surface area contributed by atoms with E-state index in [1.807, 2.05) is 12.1 Å². The van der Waals surface area contributed by atoms with Crippen molar-refractivity contribution in [2.24, 2.45) is 5.92 Å². The number of ether oxygens (including phenoxy) is 1. The van der Waals surface area contributed by atoms with Crippen LogP contribution in [0.3, 0.4) is 0 Å². The molecule has 2 heterocycles. The van der Waals surface area contributed by atoms with Gasteiger partial charge < -0.3 is 20.7 Å². The highest BCUT2D eigenvalue weighted by atomic mass is 16.5. The van der Waals surface area contributed by atoms with Gasteiger partial charge in [0.1, 0.15) is 5.82 Å². The minimum atomic E-state index is 0.452. The molecule has 0 aromatic carbocycles. The van der Waals surface area contributed by atoms with Gasteiger partial charge in [-0.05, 0) is 44.0 Å². The van der Waals surface area contributed by atoms with Gasteiger partial charge in [-0.2, -0.15) is 4.98 Å². The Hall–Kier alpha value is -1.49. The SMILES string of the molecule is CCN1CCCC(Nc2ccc(N)c(OCC(C)C)n2)C1. The molecule has 118 valence electrons. The van der Waals surface area contributed by atoms with Crippen LogP contribution in [0.2, 0.25) is 0 Å². The Morgan fingerprint density at radius 3 is 3.00 bits per heavy atom. The largest absolute Gasteiger partial charge is 0.476 e. The molecule has 0 radical (unpaired) electrons. The Bertz CT molecular complexity index is 450. The molecule has 1 aromatic rings. The molecule has 0 bridgehead atoms. The van der Waals surface area contributed by atoms with Crippen LogP contribution in [0.15, 0.2) is 12.1 Å². The number of rotatable bonds is 6. The van der Waals surface area contributed by atoms with Crippen molar-refractivity contribution in [1.29, 1.82) is 0 Å².